The minimum Gasteiger partial charge on any atom is -0.237 e. The zero-order valence-corrected chi connectivity index (χ0v) is 10.3. The van der Waals surface area contributed by atoms with Crippen molar-refractivity contribution in [3.8, 4) is 10.6 Å². The first-order valence-electron chi connectivity index (χ1n) is 5.42. The zero-order valence-electron chi connectivity index (χ0n) is 9.48. The summed E-state index contributed by atoms with van der Waals surface area (Å²) in [5.41, 5.74) is -0.289. The number of pyridine rings is 2. The second-order valence-electron chi connectivity index (χ2n) is 3.90. The van der Waals surface area contributed by atoms with Crippen LogP contribution in [-0.4, -0.2) is 9.97 Å². The van der Waals surface area contributed by atoms with Crippen LogP contribution in [0.1, 0.15) is 5.56 Å². The van der Waals surface area contributed by atoms with E-state index in [1.54, 1.807) is 17.5 Å². The lowest BCUT2D eigenvalue weighted by Crippen LogP contribution is -2.07. The SMILES string of the molecule is FC(F)(F)c1cc(-c2cccs2)nc2ncccc12. The number of aromatic nitrogens is 2. The van der Waals surface area contributed by atoms with Crippen molar-refractivity contribution in [2.24, 2.45) is 0 Å². The number of hydrogen-bond acceptors (Lipinski definition) is 3. The van der Waals surface area contributed by atoms with E-state index in [0.717, 1.165) is 6.07 Å². The van der Waals surface area contributed by atoms with Crippen LogP contribution >= 0.6 is 11.3 Å². The first kappa shape index (κ1) is 12.1. The predicted molar refractivity (Wildman–Crippen MR) is 67.9 cm³/mol. The molecule has 3 heterocycles. The minimum atomic E-state index is -4.42. The third-order valence-corrected chi connectivity index (χ3v) is 3.56. The number of fused-ring (bicyclic) bond motifs is 1. The van der Waals surface area contributed by atoms with Crippen LogP contribution in [0.5, 0.6) is 0 Å². The topological polar surface area (TPSA) is 25.8 Å². The van der Waals surface area contributed by atoms with Gasteiger partial charge in [0.15, 0.2) is 5.65 Å². The second-order valence-corrected chi connectivity index (χ2v) is 4.85. The summed E-state index contributed by atoms with van der Waals surface area (Å²) in [6.45, 7) is 0. The van der Waals surface area contributed by atoms with Crippen molar-refractivity contribution in [2.75, 3.05) is 0 Å². The fourth-order valence-electron chi connectivity index (χ4n) is 1.84. The van der Waals surface area contributed by atoms with E-state index < -0.39 is 11.7 Å². The van der Waals surface area contributed by atoms with E-state index >= 15 is 0 Å². The summed E-state index contributed by atoms with van der Waals surface area (Å²) in [5, 5.41) is 1.82. The van der Waals surface area contributed by atoms with Crippen molar-refractivity contribution in [3.05, 3.63) is 47.5 Å². The van der Waals surface area contributed by atoms with Gasteiger partial charge in [0, 0.05) is 11.6 Å². The summed E-state index contributed by atoms with van der Waals surface area (Å²) in [5.74, 6) is 0. The molecular weight excluding hydrogens is 273 g/mol. The van der Waals surface area contributed by atoms with E-state index in [-0.39, 0.29) is 11.0 Å². The van der Waals surface area contributed by atoms with Gasteiger partial charge in [-0.25, -0.2) is 9.97 Å². The molecule has 0 radical (unpaired) electrons. The van der Waals surface area contributed by atoms with Crippen molar-refractivity contribution in [1.29, 1.82) is 0 Å². The van der Waals surface area contributed by atoms with Gasteiger partial charge in [-0.3, -0.25) is 0 Å². The lowest BCUT2D eigenvalue weighted by Gasteiger charge is -2.11. The highest BCUT2D eigenvalue weighted by molar-refractivity contribution is 7.13. The Bertz CT molecular complexity index is 720. The predicted octanol–water partition coefficient (Wildman–Crippen LogP) is 4.38. The van der Waals surface area contributed by atoms with Crippen molar-refractivity contribution in [2.45, 2.75) is 6.18 Å². The highest BCUT2D eigenvalue weighted by Crippen LogP contribution is 2.36. The molecule has 19 heavy (non-hydrogen) atoms. The summed E-state index contributed by atoms with van der Waals surface area (Å²) >= 11 is 1.35. The molecule has 3 rings (SSSR count). The normalized spacial score (nSPS) is 11.9. The Kier molecular flexibility index (Phi) is 2.74. The van der Waals surface area contributed by atoms with Gasteiger partial charge in [-0.1, -0.05) is 6.07 Å². The van der Waals surface area contributed by atoms with Gasteiger partial charge in [-0.15, -0.1) is 11.3 Å². The van der Waals surface area contributed by atoms with Gasteiger partial charge in [0.25, 0.3) is 0 Å². The highest BCUT2D eigenvalue weighted by Gasteiger charge is 2.33. The zero-order chi connectivity index (χ0) is 13.5. The van der Waals surface area contributed by atoms with Crippen molar-refractivity contribution in [3.63, 3.8) is 0 Å². The number of nitrogens with zero attached hydrogens (tertiary/aromatic N) is 2. The number of hydrogen-bond donors (Lipinski definition) is 0. The lowest BCUT2D eigenvalue weighted by molar-refractivity contribution is -0.136. The van der Waals surface area contributed by atoms with E-state index in [9.17, 15) is 13.2 Å². The molecule has 2 nitrogen and oxygen atoms in total. The van der Waals surface area contributed by atoms with E-state index in [1.165, 1.54) is 29.7 Å². The molecule has 0 saturated heterocycles. The van der Waals surface area contributed by atoms with E-state index in [1.807, 2.05) is 0 Å². The Morgan fingerprint density at radius 1 is 1.11 bits per heavy atom. The second kappa shape index (κ2) is 4.31. The molecule has 0 bridgehead atoms. The van der Waals surface area contributed by atoms with Crippen molar-refractivity contribution in [1.82, 2.24) is 9.97 Å². The molecule has 0 aliphatic heterocycles. The quantitative estimate of drug-likeness (QED) is 0.661. The number of alkyl halides is 3. The lowest BCUT2D eigenvalue weighted by atomic mass is 10.1. The molecule has 0 aliphatic carbocycles. The Labute approximate surface area is 110 Å². The molecular formula is C13H7F3N2S. The molecule has 0 aliphatic rings. The number of thiophene rings is 1. The summed E-state index contributed by atoms with van der Waals surface area (Å²) in [4.78, 5) is 8.80. The molecule has 0 unspecified atom stereocenters. The summed E-state index contributed by atoms with van der Waals surface area (Å²) in [7, 11) is 0. The molecule has 0 amide bonds. The van der Waals surface area contributed by atoms with Gasteiger partial charge in [-0.2, -0.15) is 13.2 Å². The molecule has 0 spiro atoms. The van der Waals surface area contributed by atoms with Crippen LogP contribution < -0.4 is 0 Å². The largest absolute Gasteiger partial charge is 0.417 e. The fourth-order valence-corrected chi connectivity index (χ4v) is 2.53. The first-order chi connectivity index (χ1) is 9.05. The minimum absolute atomic E-state index is 0.0234. The molecule has 0 fully saturated rings. The first-order valence-corrected chi connectivity index (χ1v) is 6.30. The molecule has 0 saturated carbocycles. The molecule has 96 valence electrons. The number of halogens is 3. The Balaban J connectivity index is 2.33. The molecule has 0 aromatic carbocycles. The van der Waals surface area contributed by atoms with Gasteiger partial charge < -0.3 is 0 Å². The maximum atomic E-state index is 13.1. The Morgan fingerprint density at radius 3 is 2.63 bits per heavy atom. The smallest absolute Gasteiger partial charge is 0.237 e. The third kappa shape index (κ3) is 2.19. The summed E-state index contributed by atoms with van der Waals surface area (Å²) in [6.07, 6.45) is -2.98. The van der Waals surface area contributed by atoms with Crippen LogP contribution in [0.4, 0.5) is 13.2 Å². The van der Waals surface area contributed by atoms with Gasteiger partial charge in [0.05, 0.1) is 16.1 Å². The van der Waals surface area contributed by atoms with Crippen LogP contribution in [0.15, 0.2) is 41.9 Å². The van der Waals surface area contributed by atoms with Crippen LogP contribution in [0, 0.1) is 0 Å². The highest BCUT2D eigenvalue weighted by atomic mass is 32.1. The van der Waals surface area contributed by atoms with E-state index in [4.69, 9.17) is 0 Å². The van der Waals surface area contributed by atoms with E-state index in [0.29, 0.717) is 10.6 Å². The molecule has 3 aromatic rings. The summed E-state index contributed by atoms with van der Waals surface area (Å²) in [6, 6.07) is 7.45. The summed E-state index contributed by atoms with van der Waals surface area (Å²) < 4.78 is 39.3. The maximum absolute atomic E-state index is 13.1. The van der Waals surface area contributed by atoms with Crippen LogP contribution in [0.25, 0.3) is 21.6 Å². The van der Waals surface area contributed by atoms with Crippen molar-refractivity contribution >= 4 is 22.4 Å². The van der Waals surface area contributed by atoms with Crippen LogP contribution in [0.2, 0.25) is 0 Å². The van der Waals surface area contributed by atoms with Crippen LogP contribution in [0.3, 0.4) is 0 Å². The van der Waals surface area contributed by atoms with Gasteiger partial charge in [-0.05, 0) is 29.6 Å². The molecule has 0 atom stereocenters. The van der Waals surface area contributed by atoms with Gasteiger partial charge >= 0.3 is 6.18 Å². The van der Waals surface area contributed by atoms with Crippen LogP contribution in [-0.2, 0) is 6.18 Å². The number of rotatable bonds is 1. The fraction of sp³-hybridized carbons (Fsp3) is 0.0769. The Hall–Kier alpha value is -1.95. The molecule has 6 heteroatoms. The van der Waals surface area contributed by atoms with Gasteiger partial charge in [0.2, 0.25) is 0 Å². The standard InChI is InChI=1S/C13H7F3N2S/c14-13(15,16)9-7-10(11-4-2-6-19-11)18-12-8(9)3-1-5-17-12/h1-7H. The molecule has 3 aromatic heterocycles. The third-order valence-electron chi connectivity index (χ3n) is 2.66. The van der Waals surface area contributed by atoms with E-state index in [2.05, 4.69) is 9.97 Å². The average Bonchev–Trinajstić information content (AvgIpc) is 2.90. The average molecular weight is 280 g/mol. The monoisotopic (exact) mass is 280 g/mol. The van der Waals surface area contributed by atoms with Gasteiger partial charge in [0.1, 0.15) is 0 Å². The maximum Gasteiger partial charge on any atom is 0.417 e. The van der Waals surface area contributed by atoms with Crippen molar-refractivity contribution < 1.29 is 13.2 Å². The Morgan fingerprint density at radius 2 is 1.95 bits per heavy atom. The molecule has 0 N–H and O–H groups in total.